The fourth-order valence-electron chi connectivity index (χ4n) is 8.79. The minimum absolute atomic E-state index is 0.0680. The molecule has 2 N–H and O–H groups in total. The quantitative estimate of drug-likeness (QED) is 0.147. The zero-order valence-corrected chi connectivity index (χ0v) is 28.7. The Morgan fingerprint density at radius 3 is 2.59 bits per heavy atom. The molecule has 2 saturated heterocycles. The van der Waals surface area contributed by atoms with Crippen LogP contribution >= 0.6 is 22.9 Å². The van der Waals surface area contributed by atoms with Crippen molar-refractivity contribution >= 4 is 62.5 Å². The minimum Gasteiger partial charge on any atom is -0.504 e. The van der Waals surface area contributed by atoms with Crippen LogP contribution in [0, 0.1) is 36.0 Å². The Morgan fingerprint density at radius 2 is 1.84 bits per heavy atom. The predicted octanol–water partition coefficient (Wildman–Crippen LogP) is 5.99. The molecule has 0 spiro atoms. The fourth-order valence-corrected chi connectivity index (χ4v) is 10.1. The molecular formula is C36H33ClN4O7S. The monoisotopic (exact) mass is 700 g/mol. The fraction of sp³-hybridized carbons (Fsp3) is 0.361. The van der Waals surface area contributed by atoms with E-state index in [1.807, 2.05) is 31.2 Å². The van der Waals surface area contributed by atoms with Crippen LogP contribution in [-0.4, -0.2) is 55.4 Å². The molecule has 2 aliphatic heterocycles. The lowest BCUT2D eigenvalue weighted by atomic mass is 9.51. The summed E-state index contributed by atoms with van der Waals surface area (Å²) in [6.07, 6.45) is 2.25. The first kappa shape index (κ1) is 31.7. The number of phenols is 1. The highest BCUT2D eigenvalue weighted by molar-refractivity contribution is 7.22. The van der Waals surface area contributed by atoms with Crippen molar-refractivity contribution in [1.29, 1.82) is 0 Å². The normalized spacial score (nSPS) is 27.9. The molecule has 4 aromatic rings. The summed E-state index contributed by atoms with van der Waals surface area (Å²) < 4.78 is 8.29. The second kappa shape index (κ2) is 11.0. The second-order valence-corrected chi connectivity index (χ2v) is 15.0. The zero-order chi connectivity index (χ0) is 34.7. The van der Waals surface area contributed by atoms with E-state index in [0.717, 1.165) is 26.1 Å². The number of ether oxygens (including phenoxy) is 1. The first-order chi connectivity index (χ1) is 23.4. The van der Waals surface area contributed by atoms with E-state index in [2.05, 4.69) is 0 Å². The number of benzene rings is 2. The van der Waals surface area contributed by atoms with Gasteiger partial charge in [-0.05, 0) is 86.4 Å². The van der Waals surface area contributed by atoms with Gasteiger partial charge >= 0.3 is 0 Å². The predicted molar refractivity (Wildman–Crippen MR) is 181 cm³/mol. The lowest BCUT2D eigenvalue weighted by Gasteiger charge is -2.49. The Balaban J connectivity index is 1.26. The van der Waals surface area contributed by atoms with Gasteiger partial charge in [0.15, 0.2) is 11.5 Å². The maximum Gasteiger partial charge on any atom is 0.257 e. The van der Waals surface area contributed by atoms with Crippen molar-refractivity contribution in [2.24, 2.45) is 36.1 Å². The number of hydroxylamine groups is 2. The number of aryl methyl sites for hydroxylation is 2. The number of fused-ring (bicyclic) bond motifs is 5. The molecule has 6 atom stereocenters. The van der Waals surface area contributed by atoms with E-state index in [1.165, 1.54) is 15.6 Å². The molecule has 4 amide bonds. The number of carbonyl (C=O) groups excluding carboxylic acids is 4. The maximum absolute atomic E-state index is 14.9. The number of hydrogen-bond donors (Lipinski definition) is 2. The molecule has 11 nitrogen and oxygen atoms in total. The van der Waals surface area contributed by atoms with Gasteiger partial charge in [0.05, 0.1) is 34.7 Å². The smallest absolute Gasteiger partial charge is 0.257 e. The summed E-state index contributed by atoms with van der Waals surface area (Å²) in [6.45, 7) is 5.86. The van der Waals surface area contributed by atoms with Gasteiger partial charge in [0.2, 0.25) is 11.8 Å². The van der Waals surface area contributed by atoms with E-state index in [9.17, 15) is 29.5 Å². The van der Waals surface area contributed by atoms with Crippen molar-refractivity contribution in [2.45, 2.75) is 39.5 Å². The lowest BCUT2D eigenvalue weighted by molar-refractivity contribution is -0.173. The van der Waals surface area contributed by atoms with Gasteiger partial charge in [0.25, 0.3) is 11.8 Å². The van der Waals surface area contributed by atoms with Crippen molar-refractivity contribution in [3.63, 3.8) is 0 Å². The summed E-state index contributed by atoms with van der Waals surface area (Å²) in [4.78, 5) is 57.9. The highest BCUT2D eigenvalue weighted by atomic mass is 35.5. The molecule has 4 aliphatic rings. The summed E-state index contributed by atoms with van der Waals surface area (Å²) in [7, 11) is 1.70. The Bertz CT molecular complexity index is 2170. The standard InChI is InChI=1S/C36H33ClN4O7S/c1-5-48-26-12-17(6-10-25(26)42)30-19-8-9-20-29(34(45)41(47)32(20)43)22(19)14-23-33(44)40(35(46)36(23,30)3)28-15-24(38-39(28)4)31-16(2)21-13-18(37)7-11-27(21)49-31/h6-8,10-13,15,20,22-23,29-30,42,47H,5,9,14H2,1-4H3/t20-,22+,23-,29-,30-,36+/m0/s1. The third kappa shape index (κ3) is 4.33. The number of amides is 4. The van der Waals surface area contributed by atoms with Crippen LogP contribution in [0.1, 0.15) is 43.7 Å². The Morgan fingerprint density at radius 1 is 1.06 bits per heavy atom. The number of aromatic hydroxyl groups is 1. The third-order valence-corrected chi connectivity index (χ3v) is 12.6. The van der Waals surface area contributed by atoms with Gasteiger partial charge in [0, 0.05) is 28.8 Å². The van der Waals surface area contributed by atoms with Crippen LogP contribution in [0.4, 0.5) is 5.82 Å². The molecule has 0 radical (unpaired) electrons. The molecule has 4 heterocycles. The molecule has 0 bridgehead atoms. The third-order valence-electron chi connectivity index (χ3n) is 11.1. The van der Waals surface area contributed by atoms with Crippen LogP contribution in [0.5, 0.6) is 11.5 Å². The highest BCUT2D eigenvalue weighted by Gasteiger charge is 2.68. The van der Waals surface area contributed by atoms with Gasteiger partial charge in [-0.1, -0.05) is 29.3 Å². The number of hydrogen-bond acceptors (Lipinski definition) is 9. The molecule has 2 aromatic heterocycles. The van der Waals surface area contributed by atoms with Gasteiger partial charge in [-0.25, -0.2) is 4.90 Å². The van der Waals surface area contributed by atoms with Crippen molar-refractivity contribution in [1.82, 2.24) is 14.8 Å². The van der Waals surface area contributed by atoms with E-state index >= 15 is 0 Å². The van der Waals surface area contributed by atoms with E-state index in [0.29, 0.717) is 28.7 Å². The summed E-state index contributed by atoms with van der Waals surface area (Å²) in [5, 5.41) is 27.5. The van der Waals surface area contributed by atoms with E-state index in [-0.39, 0.29) is 29.4 Å². The molecule has 252 valence electrons. The number of rotatable bonds is 5. The van der Waals surface area contributed by atoms with Gasteiger partial charge in [0.1, 0.15) is 11.5 Å². The molecular weight excluding hydrogens is 668 g/mol. The summed E-state index contributed by atoms with van der Waals surface area (Å²) in [5.41, 5.74) is 1.70. The molecule has 2 aliphatic carbocycles. The van der Waals surface area contributed by atoms with Crippen LogP contribution in [-0.2, 0) is 26.2 Å². The van der Waals surface area contributed by atoms with E-state index in [4.69, 9.17) is 21.4 Å². The number of carbonyl (C=O) groups is 4. The number of anilines is 1. The van der Waals surface area contributed by atoms with Gasteiger partial charge in [-0.3, -0.25) is 29.1 Å². The lowest BCUT2D eigenvalue weighted by Crippen LogP contribution is -2.48. The molecule has 0 unspecified atom stereocenters. The van der Waals surface area contributed by atoms with Crippen LogP contribution in [0.15, 0.2) is 54.1 Å². The highest BCUT2D eigenvalue weighted by Crippen LogP contribution is 2.64. The molecule has 3 fully saturated rings. The molecule has 49 heavy (non-hydrogen) atoms. The van der Waals surface area contributed by atoms with Crippen molar-refractivity contribution in [2.75, 3.05) is 11.5 Å². The van der Waals surface area contributed by atoms with E-state index in [1.54, 1.807) is 50.4 Å². The van der Waals surface area contributed by atoms with Crippen molar-refractivity contribution in [3.8, 4) is 22.1 Å². The number of nitrogens with zero attached hydrogens (tertiary/aromatic N) is 4. The average Bonchev–Trinajstić information content (AvgIpc) is 3.73. The van der Waals surface area contributed by atoms with Crippen LogP contribution in [0.3, 0.4) is 0 Å². The van der Waals surface area contributed by atoms with Crippen LogP contribution in [0.25, 0.3) is 20.7 Å². The zero-order valence-electron chi connectivity index (χ0n) is 27.1. The number of thiophene rings is 1. The summed E-state index contributed by atoms with van der Waals surface area (Å²) in [6, 6.07) is 12.3. The first-order valence-electron chi connectivity index (χ1n) is 16.2. The second-order valence-electron chi connectivity index (χ2n) is 13.5. The number of phenolic OH excluding ortho intramolecular Hbond substituents is 1. The molecule has 8 rings (SSSR count). The molecule has 1 saturated carbocycles. The number of halogens is 1. The summed E-state index contributed by atoms with van der Waals surface area (Å²) >= 11 is 7.83. The number of allylic oxidation sites excluding steroid dienone is 2. The Hall–Kier alpha value is -4.52. The van der Waals surface area contributed by atoms with E-state index < -0.39 is 58.6 Å². The van der Waals surface area contributed by atoms with Crippen molar-refractivity contribution < 1.29 is 34.2 Å². The van der Waals surface area contributed by atoms with Crippen molar-refractivity contribution in [3.05, 3.63) is 70.3 Å². The molecule has 2 aromatic carbocycles. The molecule has 13 heteroatoms. The number of aromatic nitrogens is 2. The summed E-state index contributed by atoms with van der Waals surface area (Å²) in [5.74, 6) is -5.46. The van der Waals surface area contributed by atoms with Gasteiger partial charge in [-0.15, -0.1) is 11.3 Å². The Kier molecular flexibility index (Phi) is 7.12. The van der Waals surface area contributed by atoms with Gasteiger partial charge in [-0.2, -0.15) is 10.2 Å². The largest absolute Gasteiger partial charge is 0.504 e. The van der Waals surface area contributed by atoms with Crippen LogP contribution in [0.2, 0.25) is 5.02 Å². The first-order valence-corrected chi connectivity index (χ1v) is 17.4. The average molecular weight is 701 g/mol. The Labute approximate surface area is 290 Å². The van der Waals surface area contributed by atoms with Crippen LogP contribution < -0.4 is 9.64 Å². The van der Waals surface area contributed by atoms with Gasteiger partial charge < -0.3 is 9.84 Å². The topological polar surface area (TPSA) is 142 Å². The number of imide groups is 2. The minimum atomic E-state index is -1.30. The SMILES string of the molecule is CCOc1cc([C@H]2C3=CC[C@@H]4C(=O)N(O)C(=O)[C@@H]4[C@@H]3C[C@H]3C(=O)N(c4cc(-c5sc6ccc(Cl)cc6c5C)nn4C)C(=O)[C@@]23C)ccc1O. The maximum atomic E-state index is 14.9.